The smallest absolute Gasteiger partial charge is 0.506 e. The number of hydrogen-bond acceptors (Lipinski definition) is 4. The van der Waals surface area contributed by atoms with Gasteiger partial charge in [0.2, 0.25) is 0 Å². The highest BCUT2D eigenvalue weighted by Crippen LogP contribution is 2.48. The largest absolute Gasteiger partial charge is 0.573 e. The second kappa shape index (κ2) is 7.48. The lowest BCUT2D eigenvalue weighted by Crippen LogP contribution is -2.42. The summed E-state index contributed by atoms with van der Waals surface area (Å²) in [5.41, 5.74) is 0.535. The molecule has 27 heavy (non-hydrogen) atoms. The zero-order valence-corrected chi connectivity index (χ0v) is 15.0. The number of carbonyl (C=O) groups is 1. The van der Waals surface area contributed by atoms with Crippen molar-refractivity contribution < 1.29 is 32.9 Å². The molecule has 0 aromatic heterocycles. The summed E-state index contributed by atoms with van der Waals surface area (Å²) in [6, 6.07) is 3.55. The van der Waals surface area contributed by atoms with Gasteiger partial charge in [0.25, 0.3) is 0 Å². The molecule has 2 aliphatic rings. The van der Waals surface area contributed by atoms with E-state index in [1.807, 2.05) is 4.90 Å². The van der Waals surface area contributed by atoms with Gasteiger partial charge in [-0.05, 0) is 62.0 Å². The van der Waals surface area contributed by atoms with E-state index >= 15 is 0 Å². The molecule has 1 aliphatic carbocycles. The maximum absolute atomic E-state index is 12.4. The first-order chi connectivity index (χ1) is 12.7. The Hall–Kier alpha value is -2.12. The van der Waals surface area contributed by atoms with Crippen molar-refractivity contribution in [2.45, 2.75) is 51.3 Å². The van der Waals surface area contributed by atoms with E-state index in [9.17, 15) is 23.1 Å². The van der Waals surface area contributed by atoms with Crippen LogP contribution in [0, 0.1) is 11.3 Å². The van der Waals surface area contributed by atoms with Crippen molar-refractivity contribution in [2.24, 2.45) is 11.3 Å². The van der Waals surface area contributed by atoms with E-state index < -0.39 is 12.3 Å². The molecule has 1 aromatic carbocycles. The topological polar surface area (TPSA) is 70.0 Å². The molecule has 1 aromatic rings. The third-order valence-electron chi connectivity index (χ3n) is 5.97. The van der Waals surface area contributed by atoms with Crippen LogP contribution in [0.15, 0.2) is 18.2 Å². The fourth-order valence-electron chi connectivity index (χ4n) is 4.42. The van der Waals surface area contributed by atoms with Gasteiger partial charge in [-0.1, -0.05) is 0 Å². The molecule has 8 heteroatoms. The van der Waals surface area contributed by atoms with E-state index in [1.165, 1.54) is 12.1 Å². The SMILES string of the molecule is O=C(O)CC1CCC2(CC1)CCN(c1cc(OC(F)(F)F)ccc1O)CC2. The predicted molar refractivity (Wildman–Crippen MR) is 92.9 cm³/mol. The molecule has 0 atom stereocenters. The highest BCUT2D eigenvalue weighted by molar-refractivity contribution is 5.67. The van der Waals surface area contributed by atoms with Gasteiger partial charge in [0.15, 0.2) is 0 Å². The number of alkyl halides is 3. The summed E-state index contributed by atoms with van der Waals surface area (Å²) in [4.78, 5) is 12.8. The standard InChI is InChI=1S/C19H24F3NO4/c20-19(21,22)27-14-1-2-16(24)15(12-14)23-9-7-18(8-10-23)5-3-13(4-6-18)11-17(25)26/h1-2,12-13,24H,3-11H2,(H,25,26). The Kier molecular flexibility index (Phi) is 5.44. The minimum Gasteiger partial charge on any atom is -0.506 e. The normalized spacial score (nSPS) is 20.6. The van der Waals surface area contributed by atoms with E-state index in [2.05, 4.69) is 4.74 Å². The number of halogens is 3. The van der Waals surface area contributed by atoms with Crippen LogP contribution < -0.4 is 9.64 Å². The van der Waals surface area contributed by atoms with E-state index in [4.69, 9.17) is 5.11 Å². The van der Waals surface area contributed by atoms with Crippen LogP contribution in [-0.2, 0) is 4.79 Å². The van der Waals surface area contributed by atoms with Crippen LogP contribution in [0.5, 0.6) is 11.5 Å². The van der Waals surface area contributed by atoms with Crippen LogP contribution in [0.25, 0.3) is 0 Å². The van der Waals surface area contributed by atoms with Gasteiger partial charge in [-0.25, -0.2) is 0 Å². The maximum Gasteiger partial charge on any atom is 0.573 e. The lowest BCUT2D eigenvalue weighted by Gasteiger charge is -2.46. The molecule has 0 amide bonds. The van der Waals surface area contributed by atoms with Crippen LogP contribution in [0.2, 0.25) is 0 Å². The first-order valence-electron chi connectivity index (χ1n) is 9.21. The lowest BCUT2D eigenvalue weighted by molar-refractivity contribution is -0.274. The Morgan fingerprint density at radius 3 is 2.37 bits per heavy atom. The summed E-state index contributed by atoms with van der Waals surface area (Å²) in [5, 5.41) is 19.0. The van der Waals surface area contributed by atoms with E-state index in [-0.39, 0.29) is 29.3 Å². The molecule has 1 spiro atoms. The van der Waals surface area contributed by atoms with Gasteiger partial charge in [-0.3, -0.25) is 4.79 Å². The number of hydrogen-bond donors (Lipinski definition) is 2. The van der Waals surface area contributed by atoms with E-state index in [0.717, 1.165) is 44.6 Å². The molecule has 1 saturated heterocycles. The second-order valence-corrected chi connectivity index (χ2v) is 7.73. The summed E-state index contributed by atoms with van der Waals surface area (Å²) in [5.74, 6) is -0.913. The van der Waals surface area contributed by atoms with Crippen molar-refractivity contribution in [3.63, 3.8) is 0 Å². The van der Waals surface area contributed by atoms with Gasteiger partial charge < -0.3 is 19.8 Å². The molecule has 150 valence electrons. The van der Waals surface area contributed by atoms with Crippen molar-refractivity contribution in [3.05, 3.63) is 18.2 Å². The zero-order chi connectivity index (χ0) is 19.7. The van der Waals surface area contributed by atoms with Crippen molar-refractivity contribution in [1.82, 2.24) is 0 Å². The van der Waals surface area contributed by atoms with Crippen molar-refractivity contribution in [2.75, 3.05) is 18.0 Å². The molecule has 1 saturated carbocycles. The number of aliphatic carboxylic acids is 1. The van der Waals surface area contributed by atoms with Crippen LogP contribution in [0.4, 0.5) is 18.9 Å². The van der Waals surface area contributed by atoms with Crippen LogP contribution in [0.3, 0.4) is 0 Å². The third-order valence-corrected chi connectivity index (χ3v) is 5.97. The number of aromatic hydroxyl groups is 1. The van der Waals surface area contributed by atoms with Crippen LogP contribution in [0.1, 0.15) is 44.9 Å². The van der Waals surface area contributed by atoms with Crippen LogP contribution >= 0.6 is 0 Å². The Bertz CT molecular complexity index is 674. The molecule has 1 heterocycles. The number of phenols is 1. The van der Waals surface area contributed by atoms with Gasteiger partial charge in [-0.2, -0.15) is 0 Å². The number of carboxylic acid groups (broad SMARTS) is 1. The minimum absolute atomic E-state index is 0.0642. The lowest BCUT2D eigenvalue weighted by atomic mass is 9.65. The van der Waals surface area contributed by atoms with E-state index in [1.54, 1.807) is 0 Å². The molecule has 5 nitrogen and oxygen atoms in total. The minimum atomic E-state index is -4.77. The average Bonchev–Trinajstić information content (AvgIpc) is 2.58. The quantitative estimate of drug-likeness (QED) is 0.794. The highest BCUT2D eigenvalue weighted by atomic mass is 19.4. The van der Waals surface area contributed by atoms with Gasteiger partial charge in [0.1, 0.15) is 11.5 Å². The molecule has 2 N–H and O–H groups in total. The average molecular weight is 387 g/mol. The molecule has 0 radical (unpaired) electrons. The Balaban J connectivity index is 1.61. The molecular weight excluding hydrogens is 363 g/mol. The molecule has 2 fully saturated rings. The number of phenolic OH excluding ortho intramolecular Hbond substituents is 1. The molecule has 0 unspecified atom stereocenters. The molecule has 1 aliphatic heterocycles. The first kappa shape index (κ1) is 19.6. The van der Waals surface area contributed by atoms with Gasteiger partial charge in [0.05, 0.1) is 5.69 Å². The number of nitrogens with zero attached hydrogens (tertiary/aromatic N) is 1. The monoisotopic (exact) mass is 387 g/mol. The highest BCUT2D eigenvalue weighted by Gasteiger charge is 2.39. The van der Waals surface area contributed by atoms with Gasteiger partial charge >= 0.3 is 12.3 Å². The van der Waals surface area contributed by atoms with Gasteiger partial charge in [0, 0.05) is 25.6 Å². The Labute approximate surface area is 155 Å². The van der Waals surface area contributed by atoms with Crippen molar-refractivity contribution in [3.8, 4) is 11.5 Å². The van der Waals surface area contributed by atoms with Crippen LogP contribution in [-0.4, -0.2) is 35.6 Å². The van der Waals surface area contributed by atoms with Gasteiger partial charge in [-0.15, -0.1) is 13.2 Å². The number of ether oxygens (including phenoxy) is 1. The van der Waals surface area contributed by atoms with Crippen molar-refractivity contribution in [1.29, 1.82) is 0 Å². The summed E-state index contributed by atoms with van der Waals surface area (Å²) in [7, 11) is 0. The summed E-state index contributed by atoms with van der Waals surface area (Å²) >= 11 is 0. The molecular formula is C19H24F3NO4. The number of piperidine rings is 1. The number of anilines is 1. The first-order valence-corrected chi connectivity index (χ1v) is 9.21. The maximum atomic E-state index is 12.4. The number of carboxylic acids is 1. The van der Waals surface area contributed by atoms with Crippen molar-refractivity contribution >= 4 is 11.7 Å². The summed E-state index contributed by atoms with van der Waals surface area (Å²) in [6.07, 6.45) is 1.02. The van der Waals surface area contributed by atoms with E-state index in [0.29, 0.717) is 18.8 Å². The summed E-state index contributed by atoms with van der Waals surface area (Å²) in [6.45, 7) is 1.29. The zero-order valence-electron chi connectivity index (χ0n) is 15.0. The molecule has 3 rings (SSSR count). The fourth-order valence-corrected chi connectivity index (χ4v) is 4.42. The third kappa shape index (κ3) is 4.99. The molecule has 0 bridgehead atoms. The Morgan fingerprint density at radius 1 is 1.19 bits per heavy atom. The number of benzene rings is 1. The summed E-state index contributed by atoms with van der Waals surface area (Å²) < 4.78 is 41.2. The predicted octanol–water partition coefficient (Wildman–Crippen LogP) is 4.54. The second-order valence-electron chi connectivity index (χ2n) is 7.73. The fraction of sp³-hybridized carbons (Fsp3) is 0.632. The number of rotatable bonds is 4. The Morgan fingerprint density at radius 2 is 1.81 bits per heavy atom.